The predicted molar refractivity (Wildman–Crippen MR) is 47.3 cm³/mol. The molecule has 0 aliphatic heterocycles. The van der Waals surface area contributed by atoms with Gasteiger partial charge in [0.2, 0.25) is 0 Å². The number of nitrogens with one attached hydrogen (secondary N) is 1. The number of nitrogens with two attached hydrogens (primary N) is 1. The smallest absolute Gasteiger partial charge is 0.352 e. The zero-order valence-corrected chi connectivity index (χ0v) is 7.19. The summed E-state index contributed by atoms with van der Waals surface area (Å²) in [7, 11) is 0. The molecule has 0 spiro atoms. The predicted octanol–water partition coefficient (Wildman–Crippen LogP) is -0.490. The zero-order chi connectivity index (χ0) is 11.7. The molecule has 14 heavy (non-hydrogen) atoms. The Bertz CT molecular complexity index is 271. The molecule has 0 saturated carbocycles. The van der Waals surface area contributed by atoms with Crippen LogP contribution in [0.4, 0.5) is 4.79 Å². The number of carboxylic acids is 2. The van der Waals surface area contributed by atoms with Crippen molar-refractivity contribution >= 4 is 18.0 Å². The molecule has 0 unspecified atom stereocenters. The van der Waals surface area contributed by atoms with Crippen molar-refractivity contribution in [3.63, 3.8) is 0 Å². The fourth-order valence-electron chi connectivity index (χ4n) is 0.407. The summed E-state index contributed by atoms with van der Waals surface area (Å²) in [6.07, 6.45) is 0.326. The number of primary amides is 1. The molecular weight excluding hydrogens is 192 g/mol. The summed E-state index contributed by atoms with van der Waals surface area (Å²) >= 11 is 0. The fraction of sp³-hybridized carbons (Fsp3) is 0. The van der Waals surface area contributed by atoms with Gasteiger partial charge in [0.05, 0.1) is 6.08 Å². The van der Waals surface area contributed by atoms with Gasteiger partial charge >= 0.3 is 18.0 Å². The summed E-state index contributed by atoms with van der Waals surface area (Å²) in [4.78, 5) is 30.2. The van der Waals surface area contributed by atoms with E-state index in [9.17, 15) is 14.4 Å². The van der Waals surface area contributed by atoms with E-state index in [1.54, 1.807) is 5.32 Å². The maximum atomic E-state index is 10.2. The number of urea groups is 1. The summed E-state index contributed by atoms with van der Waals surface area (Å²) < 4.78 is 0. The lowest BCUT2D eigenvalue weighted by Crippen LogP contribution is -2.32. The topological polar surface area (TPSA) is 130 Å². The summed E-state index contributed by atoms with van der Waals surface area (Å²) in [5.41, 5.74) is 3.78. The van der Waals surface area contributed by atoms with Gasteiger partial charge in [-0.15, -0.1) is 13.2 Å². The van der Waals surface area contributed by atoms with E-state index < -0.39 is 23.7 Å². The third kappa shape index (κ3) is 7.79. The molecular formula is C7H10N2O5. The number of hydrogen-bond acceptors (Lipinski definition) is 3. The van der Waals surface area contributed by atoms with Crippen LogP contribution in [0.25, 0.3) is 0 Å². The maximum absolute atomic E-state index is 10.2. The van der Waals surface area contributed by atoms with Gasteiger partial charge in [-0.25, -0.2) is 14.4 Å². The minimum absolute atomic E-state index is 0.326. The molecule has 0 rings (SSSR count). The van der Waals surface area contributed by atoms with Crippen molar-refractivity contribution in [2.24, 2.45) is 5.73 Å². The van der Waals surface area contributed by atoms with Crippen LogP contribution in [-0.4, -0.2) is 28.2 Å². The molecule has 2 amide bonds. The van der Waals surface area contributed by atoms with Crippen LogP contribution >= 0.6 is 0 Å². The van der Waals surface area contributed by atoms with E-state index in [0.29, 0.717) is 6.08 Å². The Labute approximate surface area is 79.5 Å². The van der Waals surface area contributed by atoms with Crippen LogP contribution in [0.15, 0.2) is 24.9 Å². The van der Waals surface area contributed by atoms with Crippen LogP contribution < -0.4 is 11.1 Å². The highest BCUT2D eigenvalue weighted by molar-refractivity contribution is 5.97. The molecule has 0 aliphatic carbocycles. The summed E-state index contributed by atoms with van der Waals surface area (Å²) in [6.45, 7) is 6.00. The average molecular weight is 202 g/mol. The lowest BCUT2D eigenvalue weighted by molar-refractivity contribution is -0.135. The van der Waals surface area contributed by atoms with E-state index in [0.717, 1.165) is 0 Å². The van der Waals surface area contributed by atoms with Crippen molar-refractivity contribution in [1.29, 1.82) is 0 Å². The van der Waals surface area contributed by atoms with Gasteiger partial charge in [0, 0.05) is 0 Å². The van der Waals surface area contributed by atoms with E-state index in [4.69, 9.17) is 10.2 Å². The molecule has 0 bridgehead atoms. The second kappa shape index (κ2) is 7.35. The van der Waals surface area contributed by atoms with E-state index in [-0.39, 0.29) is 0 Å². The largest absolute Gasteiger partial charge is 0.478 e. The highest BCUT2D eigenvalue weighted by atomic mass is 16.4. The minimum Gasteiger partial charge on any atom is -0.478 e. The van der Waals surface area contributed by atoms with Gasteiger partial charge in [0.25, 0.3) is 0 Å². The van der Waals surface area contributed by atoms with Gasteiger partial charge in [0.1, 0.15) is 5.70 Å². The number of hydrogen-bond donors (Lipinski definition) is 4. The van der Waals surface area contributed by atoms with Gasteiger partial charge < -0.3 is 21.3 Å². The molecule has 0 aromatic carbocycles. The van der Waals surface area contributed by atoms with Crippen molar-refractivity contribution in [3.05, 3.63) is 24.9 Å². The summed E-state index contributed by atoms with van der Waals surface area (Å²) in [5.74, 6) is -3.06. The highest BCUT2D eigenvalue weighted by Gasteiger charge is 2.10. The number of carbonyl (C=O) groups is 3. The lowest BCUT2D eigenvalue weighted by atomic mass is 10.4. The average Bonchev–Trinajstić information content (AvgIpc) is 2.05. The van der Waals surface area contributed by atoms with Gasteiger partial charge in [-0.3, -0.25) is 0 Å². The highest BCUT2D eigenvalue weighted by Crippen LogP contribution is 1.88. The molecule has 0 aromatic heterocycles. The Morgan fingerprint density at radius 2 is 1.64 bits per heavy atom. The van der Waals surface area contributed by atoms with Gasteiger partial charge in [-0.1, -0.05) is 0 Å². The molecule has 0 heterocycles. The fourth-order valence-corrected chi connectivity index (χ4v) is 0.407. The molecule has 78 valence electrons. The van der Waals surface area contributed by atoms with Gasteiger partial charge in [-0.05, 0) is 0 Å². The number of carbonyl (C=O) groups excluding carboxylic acids is 1. The van der Waals surface area contributed by atoms with Crippen LogP contribution in [0.1, 0.15) is 0 Å². The van der Waals surface area contributed by atoms with E-state index in [1.165, 1.54) is 0 Å². The molecule has 7 nitrogen and oxygen atoms in total. The summed E-state index contributed by atoms with van der Waals surface area (Å²) in [6, 6.07) is -1.13. The molecule has 0 atom stereocenters. The van der Waals surface area contributed by atoms with Crippen molar-refractivity contribution in [1.82, 2.24) is 5.32 Å². The number of rotatable bonds is 3. The van der Waals surface area contributed by atoms with Crippen LogP contribution in [0.2, 0.25) is 0 Å². The van der Waals surface area contributed by atoms with Crippen LogP contribution in [0.3, 0.4) is 0 Å². The van der Waals surface area contributed by atoms with Gasteiger partial charge in [-0.2, -0.15) is 0 Å². The monoisotopic (exact) mass is 202 g/mol. The first-order valence-corrected chi connectivity index (χ1v) is 3.18. The van der Waals surface area contributed by atoms with E-state index in [1.807, 2.05) is 0 Å². The molecule has 7 heteroatoms. The van der Waals surface area contributed by atoms with Crippen LogP contribution in [0.5, 0.6) is 0 Å². The molecule has 0 radical (unpaired) electrons. The Kier molecular flexibility index (Phi) is 7.46. The number of carboxylic acid groups (broad SMARTS) is 2. The molecule has 0 aromatic rings. The Hall–Kier alpha value is -2.31. The maximum Gasteiger partial charge on any atom is 0.352 e. The first-order valence-electron chi connectivity index (χ1n) is 3.18. The first kappa shape index (κ1) is 14.2. The van der Waals surface area contributed by atoms with Crippen molar-refractivity contribution in [2.75, 3.05) is 0 Å². The van der Waals surface area contributed by atoms with E-state index >= 15 is 0 Å². The molecule has 0 saturated heterocycles. The van der Waals surface area contributed by atoms with Gasteiger partial charge in [0.15, 0.2) is 0 Å². The number of amides is 2. The molecule has 0 fully saturated rings. The van der Waals surface area contributed by atoms with Crippen molar-refractivity contribution in [3.8, 4) is 0 Å². The minimum atomic E-state index is -1.57. The standard InChI is InChI=1S/C5H6N2O5.C2H4/c6-5(12)7-2(4(10)11)1-3(8)9;1-2/h1H,(H,8,9)(H,10,11)(H3,6,7,12);1-2H2. The number of aliphatic carboxylic acids is 2. The second-order valence-corrected chi connectivity index (χ2v) is 1.69. The van der Waals surface area contributed by atoms with Crippen LogP contribution in [-0.2, 0) is 9.59 Å². The SMILES string of the molecule is C=C.NC(=O)NC(=CC(=O)O)C(=O)O. The lowest BCUT2D eigenvalue weighted by Gasteiger charge is -1.99. The normalized spacial score (nSPS) is 9.29. The third-order valence-corrected chi connectivity index (χ3v) is 0.756. The Balaban J connectivity index is 0. The van der Waals surface area contributed by atoms with Crippen LogP contribution in [0, 0.1) is 0 Å². The van der Waals surface area contributed by atoms with E-state index in [2.05, 4.69) is 18.9 Å². The quantitative estimate of drug-likeness (QED) is 0.362. The third-order valence-electron chi connectivity index (χ3n) is 0.756. The van der Waals surface area contributed by atoms with Crippen molar-refractivity contribution in [2.45, 2.75) is 0 Å². The van der Waals surface area contributed by atoms with Crippen molar-refractivity contribution < 1.29 is 24.6 Å². The Morgan fingerprint density at radius 3 is 1.86 bits per heavy atom. The summed E-state index contributed by atoms with van der Waals surface area (Å²) in [5, 5.41) is 18.0. The Morgan fingerprint density at radius 1 is 1.21 bits per heavy atom. The zero-order valence-electron chi connectivity index (χ0n) is 7.19. The first-order chi connectivity index (χ1) is 6.43. The molecule has 0 aliphatic rings. The second-order valence-electron chi connectivity index (χ2n) is 1.69. The molecule has 5 N–H and O–H groups in total.